The van der Waals surface area contributed by atoms with Gasteiger partial charge in [0.15, 0.2) is 0 Å². The number of hydrogen-bond donors (Lipinski definition) is 0. The van der Waals surface area contributed by atoms with Gasteiger partial charge in [0.2, 0.25) is 15.9 Å². The second-order valence-corrected chi connectivity index (χ2v) is 8.02. The van der Waals surface area contributed by atoms with Crippen LogP contribution in [0.15, 0.2) is 41.4 Å². The van der Waals surface area contributed by atoms with Crippen molar-refractivity contribution >= 4 is 21.6 Å². The lowest BCUT2D eigenvalue weighted by atomic mass is 10.1. The largest absolute Gasteiger partial charge is 0.473 e. The number of sulfonamides is 1. The van der Waals surface area contributed by atoms with Gasteiger partial charge in [0.1, 0.15) is 11.9 Å². The van der Waals surface area contributed by atoms with Crippen LogP contribution in [0.1, 0.15) is 18.7 Å². The molecule has 24 heavy (non-hydrogen) atoms. The summed E-state index contributed by atoms with van der Waals surface area (Å²) in [7, 11) is -3.55. The molecule has 1 aliphatic rings. The van der Waals surface area contributed by atoms with E-state index in [1.807, 2.05) is 0 Å². The molecule has 0 aliphatic carbocycles. The van der Waals surface area contributed by atoms with E-state index < -0.39 is 10.0 Å². The van der Waals surface area contributed by atoms with Crippen LogP contribution in [-0.4, -0.2) is 41.9 Å². The van der Waals surface area contributed by atoms with E-state index in [-0.39, 0.29) is 11.0 Å². The van der Waals surface area contributed by atoms with Crippen molar-refractivity contribution in [1.82, 2.24) is 14.3 Å². The lowest BCUT2D eigenvalue weighted by molar-refractivity contribution is 0.124. The van der Waals surface area contributed by atoms with Gasteiger partial charge in [-0.1, -0.05) is 11.6 Å². The molecule has 2 heterocycles. The van der Waals surface area contributed by atoms with Gasteiger partial charge in [0.05, 0.1) is 11.4 Å². The minimum Gasteiger partial charge on any atom is -0.473 e. The summed E-state index contributed by atoms with van der Waals surface area (Å²) < 4.78 is 32.8. The van der Waals surface area contributed by atoms with E-state index in [0.717, 1.165) is 12.8 Å². The topological polar surface area (TPSA) is 72.4 Å². The summed E-state index contributed by atoms with van der Waals surface area (Å²) in [5.74, 6) is 1.09. The Balaban J connectivity index is 1.74. The van der Waals surface area contributed by atoms with Crippen LogP contribution in [0.2, 0.25) is 5.02 Å². The molecule has 0 bridgehead atoms. The summed E-state index contributed by atoms with van der Waals surface area (Å²) in [6.45, 7) is 2.56. The highest BCUT2D eigenvalue weighted by Crippen LogP contribution is 2.24. The molecule has 128 valence electrons. The first-order valence-corrected chi connectivity index (χ1v) is 9.49. The third-order valence-corrected chi connectivity index (χ3v) is 5.96. The van der Waals surface area contributed by atoms with E-state index in [0.29, 0.717) is 29.8 Å². The monoisotopic (exact) mass is 367 g/mol. The van der Waals surface area contributed by atoms with Crippen LogP contribution in [0.3, 0.4) is 0 Å². The van der Waals surface area contributed by atoms with Crippen molar-refractivity contribution in [3.8, 4) is 5.88 Å². The Kier molecular flexibility index (Phi) is 5.03. The molecule has 6 nitrogen and oxygen atoms in total. The molecule has 1 saturated heterocycles. The maximum atomic E-state index is 12.8. The number of nitrogens with zero attached hydrogens (tertiary/aromatic N) is 3. The van der Waals surface area contributed by atoms with Crippen molar-refractivity contribution in [2.45, 2.75) is 30.8 Å². The van der Waals surface area contributed by atoms with Crippen molar-refractivity contribution in [1.29, 1.82) is 0 Å². The molecule has 0 spiro atoms. The molecule has 0 N–H and O–H groups in total. The van der Waals surface area contributed by atoms with E-state index in [9.17, 15) is 8.42 Å². The zero-order valence-electron chi connectivity index (χ0n) is 13.2. The van der Waals surface area contributed by atoms with Crippen LogP contribution < -0.4 is 4.74 Å². The molecule has 2 aromatic rings. The summed E-state index contributed by atoms with van der Waals surface area (Å²) in [5.41, 5.74) is 0. The van der Waals surface area contributed by atoms with Crippen LogP contribution in [0, 0.1) is 6.92 Å². The molecule has 1 atom stereocenters. The fraction of sp³-hybridized carbons (Fsp3) is 0.375. The molecule has 0 saturated carbocycles. The van der Waals surface area contributed by atoms with Gasteiger partial charge in [0.25, 0.3) is 0 Å². The van der Waals surface area contributed by atoms with E-state index in [1.165, 1.54) is 16.4 Å². The maximum Gasteiger partial charge on any atom is 0.243 e. The first kappa shape index (κ1) is 17.1. The molecule has 1 aliphatic heterocycles. The molecule has 0 radical (unpaired) electrons. The van der Waals surface area contributed by atoms with Crippen LogP contribution in [0.25, 0.3) is 0 Å². The number of aromatic nitrogens is 2. The first-order valence-electron chi connectivity index (χ1n) is 7.67. The van der Waals surface area contributed by atoms with E-state index in [2.05, 4.69) is 9.97 Å². The van der Waals surface area contributed by atoms with Crippen LogP contribution in [0.4, 0.5) is 0 Å². The molecule has 1 fully saturated rings. The minimum absolute atomic E-state index is 0.227. The average Bonchev–Trinajstić information content (AvgIpc) is 2.55. The SMILES string of the molecule is Cc1nccc(OC2CCCN(S(=O)(=O)c3ccc(Cl)cc3)C2)n1. The highest BCUT2D eigenvalue weighted by molar-refractivity contribution is 7.89. The number of benzene rings is 1. The lowest BCUT2D eigenvalue weighted by Gasteiger charge is -2.31. The summed E-state index contributed by atoms with van der Waals surface area (Å²) in [4.78, 5) is 8.47. The highest BCUT2D eigenvalue weighted by atomic mass is 35.5. The van der Waals surface area contributed by atoms with E-state index in [1.54, 1.807) is 31.3 Å². The molecule has 1 aromatic carbocycles. The zero-order valence-corrected chi connectivity index (χ0v) is 14.8. The number of piperidine rings is 1. The van der Waals surface area contributed by atoms with Crippen LogP contribution in [-0.2, 0) is 10.0 Å². The minimum atomic E-state index is -3.55. The molecular formula is C16H18ClN3O3S. The summed E-state index contributed by atoms with van der Waals surface area (Å²) >= 11 is 5.83. The highest BCUT2D eigenvalue weighted by Gasteiger charge is 2.31. The standard InChI is InChI=1S/C16H18ClN3O3S/c1-12-18-9-8-16(19-12)23-14-3-2-10-20(11-14)24(21,22)15-6-4-13(17)5-7-15/h4-9,14H,2-3,10-11H2,1H3. The van der Waals surface area contributed by atoms with Gasteiger partial charge < -0.3 is 4.74 Å². The van der Waals surface area contributed by atoms with Gasteiger partial charge in [-0.05, 0) is 44.0 Å². The molecule has 8 heteroatoms. The Morgan fingerprint density at radius 1 is 1.25 bits per heavy atom. The van der Waals surface area contributed by atoms with Gasteiger partial charge in [-0.25, -0.2) is 13.4 Å². The quantitative estimate of drug-likeness (QED) is 0.830. The Morgan fingerprint density at radius 2 is 2.00 bits per heavy atom. The number of aryl methyl sites for hydroxylation is 1. The lowest BCUT2D eigenvalue weighted by Crippen LogP contribution is -2.44. The van der Waals surface area contributed by atoms with Gasteiger partial charge in [0, 0.05) is 23.8 Å². The Morgan fingerprint density at radius 3 is 2.71 bits per heavy atom. The van der Waals surface area contributed by atoms with Crippen molar-refractivity contribution in [3.63, 3.8) is 0 Å². The summed E-state index contributed by atoms with van der Waals surface area (Å²) in [6, 6.07) is 7.89. The van der Waals surface area contributed by atoms with Gasteiger partial charge >= 0.3 is 0 Å². The number of ether oxygens (including phenoxy) is 1. The molecule has 1 unspecified atom stereocenters. The predicted octanol–water partition coefficient (Wildman–Crippen LogP) is 2.67. The zero-order chi connectivity index (χ0) is 17.2. The van der Waals surface area contributed by atoms with Crippen molar-refractivity contribution in [3.05, 3.63) is 47.4 Å². The second-order valence-electron chi connectivity index (χ2n) is 5.64. The first-order chi connectivity index (χ1) is 11.4. The number of hydrogen-bond acceptors (Lipinski definition) is 5. The molecule has 0 amide bonds. The third kappa shape index (κ3) is 3.85. The second kappa shape index (κ2) is 7.04. The third-order valence-electron chi connectivity index (χ3n) is 3.83. The molecule has 3 rings (SSSR count). The maximum absolute atomic E-state index is 12.8. The molecule has 1 aromatic heterocycles. The average molecular weight is 368 g/mol. The van der Waals surface area contributed by atoms with E-state index >= 15 is 0 Å². The smallest absolute Gasteiger partial charge is 0.243 e. The normalized spacial score (nSPS) is 19.2. The summed E-state index contributed by atoms with van der Waals surface area (Å²) in [6.07, 6.45) is 2.93. The Labute approximate surface area is 146 Å². The molecular weight excluding hydrogens is 350 g/mol. The van der Waals surface area contributed by atoms with Crippen LogP contribution >= 0.6 is 11.6 Å². The van der Waals surface area contributed by atoms with Crippen LogP contribution in [0.5, 0.6) is 5.88 Å². The predicted molar refractivity (Wildman–Crippen MR) is 90.6 cm³/mol. The van der Waals surface area contributed by atoms with Crippen molar-refractivity contribution in [2.75, 3.05) is 13.1 Å². The van der Waals surface area contributed by atoms with Gasteiger partial charge in [-0.2, -0.15) is 9.29 Å². The fourth-order valence-corrected chi connectivity index (χ4v) is 4.28. The van der Waals surface area contributed by atoms with Crippen molar-refractivity contribution < 1.29 is 13.2 Å². The fourth-order valence-electron chi connectivity index (χ4n) is 2.65. The number of rotatable bonds is 4. The Bertz CT molecular complexity index is 812. The number of halogens is 1. The van der Waals surface area contributed by atoms with E-state index in [4.69, 9.17) is 16.3 Å². The van der Waals surface area contributed by atoms with Gasteiger partial charge in [-0.15, -0.1) is 0 Å². The van der Waals surface area contributed by atoms with Gasteiger partial charge in [-0.3, -0.25) is 0 Å². The Hall–Kier alpha value is -1.70. The summed E-state index contributed by atoms with van der Waals surface area (Å²) in [5, 5.41) is 0.507. The van der Waals surface area contributed by atoms with Crippen molar-refractivity contribution in [2.24, 2.45) is 0 Å².